The van der Waals surface area contributed by atoms with Crippen molar-refractivity contribution < 1.29 is 14.2 Å². The van der Waals surface area contributed by atoms with E-state index in [-0.39, 0.29) is 0 Å². The molecule has 0 unspecified atom stereocenters. The lowest BCUT2D eigenvalue weighted by atomic mass is 10.0. The number of ether oxygens (including phenoxy) is 3. The van der Waals surface area contributed by atoms with E-state index in [4.69, 9.17) is 19.2 Å². The summed E-state index contributed by atoms with van der Waals surface area (Å²) in [6.07, 6.45) is 8.49. The highest BCUT2D eigenvalue weighted by molar-refractivity contribution is 5.89. The summed E-state index contributed by atoms with van der Waals surface area (Å²) in [7, 11) is 0. The fourth-order valence-corrected chi connectivity index (χ4v) is 3.97. The number of para-hydroxylation sites is 1. The maximum absolute atomic E-state index is 6.19. The quantitative estimate of drug-likeness (QED) is 0.354. The third-order valence-corrected chi connectivity index (χ3v) is 5.98. The SMILES string of the molecule is CCCCOc1c(C)c(/C=C/c2cccc(OCC3CCOCC3)c2)nc2ccccc12. The van der Waals surface area contributed by atoms with Gasteiger partial charge in [-0.2, -0.15) is 0 Å². The molecule has 0 bridgehead atoms. The van der Waals surface area contributed by atoms with Crippen LogP contribution in [0.4, 0.5) is 0 Å². The Balaban J connectivity index is 1.52. The monoisotopic (exact) mass is 431 g/mol. The van der Waals surface area contributed by atoms with Crippen molar-refractivity contribution in [3.05, 3.63) is 65.4 Å². The summed E-state index contributed by atoms with van der Waals surface area (Å²) in [6, 6.07) is 16.4. The van der Waals surface area contributed by atoms with Crippen LogP contribution in [0.1, 0.15) is 49.4 Å². The third kappa shape index (κ3) is 5.68. The summed E-state index contributed by atoms with van der Waals surface area (Å²) >= 11 is 0. The lowest BCUT2D eigenvalue weighted by Crippen LogP contribution is -2.21. The molecule has 1 aliphatic rings. The number of unbranched alkanes of at least 4 members (excludes halogenated alkanes) is 1. The molecule has 1 aliphatic heterocycles. The van der Waals surface area contributed by atoms with Crippen molar-refractivity contribution in [2.75, 3.05) is 26.4 Å². The van der Waals surface area contributed by atoms with Gasteiger partial charge in [0.25, 0.3) is 0 Å². The smallest absolute Gasteiger partial charge is 0.133 e. The predicted molar refractivity (Wildman–Crippen MR) is 131 cm³/mol. The number of rotatable bonds is 9. The lowest BCUT2D eigenvalue weighted by Gasteiger charge is -2.22. The van der Waals surface area contributed by atoms with Crippen molar-refractivity contribution >= 4 is 23.1 Å². The van der Waals surface area contributed by atoms with Crippen molar-refractivity contribution in [1.82, 2.24) is 4.98 Å². The Labute approximate surface area is 191 Å². The lowest BCUT2D eigenvalue weighted by molar-refractivity contribution is 0.0497. The minimum atomic E-state index is 0.582. The first-order valence-electron chi connectivity index (χ1n) is 11.8. The summed E-state index contributed by atoms with van der Waals surface area (Å²) in [5.41, 5.74) is 4.06. The van der Waals surface area contributed by atoms with Crippen LogP contribution in [0.25, 0.3) is 23.1 Å². The number of benzene rings is 2. The van der Waals surface area contributed by atoms with Crippen LogP contribution in [0.2, 0.25) is 0 Å². The van der Waals surface area contributed by atoms with Crippen LogP contribution in [0.15, 0.2) is 48.5 Å². The molecule has 0 radical (unpaired) electrons. The number of nitrogens with zero attached hydrogens (tertiary/aromatic N) is 1. The molecule has 2 heterocycles. The second-order valence-electron chi connectivity index (χ2n) is 8.44. The van der Waals surface area contributed by atoms with Crippen LogP contribution in [0.5, 0.6) is 11.5 Å². The van der Waals surface area contributed by atoms with Gasteiger partial charge in [-0.3, -0.25) is 0 Å². The van der Waals surface area contributed by atoms with Gasteiger partial charge in [0.1, 0.15) is 11.5 Å². The van der Waals surface area contributed by atoms with E-state index in [0.29, 0.717) is 5.92 Å². The van der Waals surface area contributed by atoms with E-state index in [2.05, 4.69) is 44.2 Å². The number of fused-ring (bicyclic) bond motifs is 1. The van der Waals surface area contributed by atoms with Crippen molar-refractivity contribution in [2.45, 2.75) is 39.5 Å². The summed E-state index contributed by atoms with van der Waals surface area (Å²) in [5.74, 6) is 2.43. The summed E-state index contributed by atoms with van der Waals surface area (Å²) in [5, 5.41) is 1.07. The number of pyridine rings is 1. The topological polar surface area (TPSA) is 40.6 Å². The molecule has 1 aromatic heterocycles. The number of hydrogen-bond acceptors (Lipinski definition) is 4. The van der Waals surface area contributed by atoms with Gasteiger partial charge in [0, 0.05) is 24.2 Å². The van der Waals surface area contributed by atoms with E-state index in [0.717, 1.165) is 91.3 Å². The minimum absolute atomic E-state index is 0.582. The van der Waals surface area contributed by atoms with Gasteiger partial charge in [0.05, 0.1) is 24.4 Å². The number of aromatic nitrogens is 1. The van der Waals surface area contributed by atoms with Crippen LogP contribution in [0, 0.1) is 12.8 Å². The fraction of sp³-hybridized carbons (Fsp3) is 0.393. The second-order valence-corrected chi connectivity index (χ2v) is 8.44. The van der Waals surface area contributed by atoms with Crippen LogP contribution in [-0.2, 0) is 4.74 Å². The van der Waals surface area contributed by atoms with Gasteiger partial charge in [0.2, 0.25) is 0 Å². The van der Waals surface area contributed by atoms with E-state index >= 15 is 0 Å². The average molecular weight is 432 g/mol. The van der Waals surface area contributed by atoms with Gasteiger partial charge in [-0.15, -0.1) is 0 Å². The Hall–Kier alpha value is -2.85. The molecule has 0 N–H and O–H groups in total. The van der Waals surface area contributed by atoms with Gasteiger partial charge in [-0.1, -0.05) is 43.7 Å². The average Bonchev–Trinajstić information content (AvgIpc) is 2.84. The zero-order chi connectivity index (χ0) is 22.2. The van der Waals surface area contributed by atoms with Gasteiger partial charge in [-0.05, 0) is 68.0 Å². The molecule has 4 rings (SSSR count). The molecule has 4 heteroatoms. The van der Waals surface area contributed by atoms with Crippen LogP contribution < -0.4 is 9.47 Å². The predicted octanol–water partition coefficient (Wildman–Crippen LogP) is 6.70. The molecule has 0 saturated carbocycles. The maximum atomic E-state index is 6.19. The van der Waals surface area contributed by atoms with Gasteiger partial charge in [-0.25, -0.2) is 4.98 Å². The van der Waals surface area contributed by atoms with E-state index in [1.54, 1.807) is 0 Å². The van der Waals surface area contributed by atoms with E-state index in [9.17, 15) is 0 Å². The molecule has 4 nitrogen and oxygen atoms in total. The van der Waals surface area contributed by atoms with Crippen molar-refractivity contribution in [2.24, 2.45) is 5.92 Å². The molecule has 32 heavy (non-hydrogen) atoms. The van der Waals surface area contributed by atoms with Crippen LogP contribution in [-0.4, -0.2) is 31.4 Å². The highest BCUT2D eigenvalue weighted by Gasteiger charge is 2.14. The third-order valence-electron chi connectivity index (χ3n) is 5.98. The Bertz CT molecular complexity index is 1050. The zero-order valence-electron chi connectivity index (χ0n) is 19.2. The Morgan fingerprint density at radius 1 is 1.03 bits per heavy atom. The molecular weight excluding hydrogens is 398 g/mol. The molecule has 2 aromatic carbocycles. The molecule has 0 spiro atoms. The van der Waals surface area contributed by atoms with Gasteiger partial charge < -0.3 is 14.2 Å². The second kappa shape index (κ2) is 11.1. The largest absolute Gasteiger partial charge is 0.493 e. The molecule has 1 fully saturated rings. The Morgan fingerprint density at radius 3 is 2.72 bits per heavy atom. The first-order valence-corrected chi connectivity index (χ1v) is 11.8. The standard InChI is InChI=1S/C28H33NO3/c1-3-4-16-31-28-21(2)26(29-27-11-6-5-10-25(27)28)13-12-22-8-7-9-24(19-22)32-20-23-14-17-30-18-15-23/h5-13,19,23H,3-4,14-18,20H2,1-2H3/b13-12+. The minimum Gasteiger partial charge on any atom is -0.493 e. The zero-order valence-corrected chi connectivity index (χ0v) is 19.2. The van der Waals surface area contributed by atoms with Crippen LogP contribution in [0.3, 0.4) is 0 Å². The summed E-state index contributed by atoms with van der Waals surface area (Å²) in [6.45, 7) is 7.43. The summed E-state index contributed by atoms with van der Waals surface area (Å²) in [4.78, 5) is 4.89. The molecule has 0 atom stereocenters. The molecular formula is C28H33NO3. The van der Waals surface area contributed by atoms with E-state index in [1.165, 1.54) is 0 Å². The molecule has 3 aromatic rings. The highest BCUT2D eigenvalue weighted by atomic mass is 16.5. The normalized spacial score (nSPS) is 14.8. The molecule has 1 saturated heterocycles. The molecule has 0 amide bonds. The molecule has 168 valence electrons. The Kier molecular flexibility index (Phi) is 7.78. The Morgan fingerprint density at radius 2 is 1.88 bits per heavy atom. The van der Waals surface area contributed by atoms with Crippen molar-refractivity contribution in [3.8, 4) is 11.5 Å². The number of hydrogen-bond donors (Lipinski definition) is 0. The van der Waals surface area contributed by atoms with Gasteiger partial charge >= 0.3 is 0 Å². The first kappa shape index (κ1) is 22.3. The highest BCUT2D eigenvalue weighted by Crippen LogP contribution is 2.31. The van der Waals surface area contributed by atoms with E-state index in [1.807, 2.05) is 30.3 Å². The summed E-state index contributed by atoms with van der Waals surface area (Å²) < 4.78 is 17.7. The molecule has 0 aliphatic carbocycles. The maximum Gasteiger partial charge on any atom is 0.133 e. The first-order chi connectivity index (χ1) is 15.7. The van der Waals surface area contributed by atoms with Crippen LogP contribution >= 0.6 is 0 Å². The van der Waals surface area contributed by atoms with Gasteiger partial charge in [0.15, 0.2) is 0 Å². The van der Waals surface area contributed by atoms with E-state index < -0.39 is 0 Å². The van der Waals surface area contributed by atoms with Crippen molar-refractivity contribution in [3.63, 3.8) is 0 Å². The fourth-order valence-electron chi connectivity index (χ4n) is 3.97. The van der Waals surface area contributed by atoms with Crippen molar-refractivity contribution in [1.29, 1.82) is 0 Å².